The van der Waals surface area contributed by atoms with Crippen molar-refractivity contribution in [3.05, 3.63) is 81.2 Å². The standard InChI is InChI=1S/C21H19N3O5/c1-13-20(14(2)23(22-13)16-7-5-4-6-8-16)18(25)10-9-15-11-17(24(27)28)21(26)19(12-15)29-3/h4-12,26H,1-3H3/b10-9+. The highest BCUT2D eigenvalue weighted by molar-refractivity contribution is 6.08. The van der Waals surface area contributed by atoms with Gasteiger partial charge >= 0.3 is 5.69 Å². The van der Waals surface area contributed by atoms with E-state index in [9.17, 15) is 20.0 Å². The van der Waals surface area contributed by atoms with Gasteiger partial charge in [0.2, 0.25) is 5.75 Å². The molecule has 8 heteroatoms. The van der Waals surface area contributed by atoms with Gasteiger partial charge in [-0.3, -0.25) is 14.9 Å². The molecule has 0 saturated heterocycles. The molecule has 0 aliphatic rings. The van der Waals surface area contributed by atoms with E-state index in [1.54, 1.807) is 11.6 Å². The first kappa shape index (κ1) is 19.8. The van der Waals surface area contributed by atoms with Crippen molar-refractivity contribution in [3.63, 3.8) is 0 Å². The second-order valence-corrected chi connectivity index (χ2v) is 6.34. The van der Waals surface area contributed by atoms with Crippen LogP contribution >= 0.6 is 0 Å². The zero-order valence-corrected chi connectivity index (χ0v) is 16.1. The number of benzene rings is 2. The molecule has 3 aromatic rings. The van der Waals surface area contributed by atoms with Gasteiger partial charge in [0.1, 0.15) is 0 Å². The highest BCUT2D eigenvalue weighted by Gasteiger charge is 2.20. The Morgan fingerprint density at radius 3 is 2.55 bits per heavy atom. The summed E-state index contributed by atoms with van der Waals surface area (Å²) in [7, 11) is 1.29. The Bertz CT molecular complexity index is 1120. The molecule has 0 aliphatic carbocycles. The molecular weight excluding hydrogens is 374 g/mol. The zero-order valence-electron chi connectivity index (χ0n) is 16.1. The van der Waals surface area contributed by atoms with Crippen LogP contribution in [0.15, 0.2) is 48.5 Å². The number of phenols is 1. The summed E-state index contributed by atoms with van der Waals surface area (Å²) in [6.45, 7) is 3.56. The van der Waals surface area contributed by atoms with E-state index < -0.39 is 16.4 Å². The third-order valence-corrected chi connectivity index (χ3v) is 4.46. The molecule has 0 unspecified atom stereocenters. The Morgan fingerprint density at radius 2 is 1.93 bits per heavy atom. The zero-order chi connectivity index (χ0) is 21.1. The van der Waals surface area contributed by atoms with E-state index in [-0.39, 0.29) is 11.5 Å². The van der Waals surface area contributed by atoms with Crippen LogP contribution in [0.2, 0.25) is 0 Å². The number of aromatic hydroxyl groups is 1. The van der Waals surface area contributed by atoms with Crippen LogP contribution in [-0.2, 0) is 0 Å². The van der Waals surface area contributed by atoms with Crippen LogP contribution in [0.25, 0.3) is 11.8 Å². The Labute approximate surface area is 166 Å². The molecule has 2 aromatic carbocycles. The molecular formula is C21H19N3O5. The third-order valence-electron chi connectivity index (χ3n) is 4.46. The maximum Gasteiger partial charge on any atom is 0.315 e. The first-order valence-corrected chi connectivity index (χ1v) is 8.73. The molecule has 0 atom stereocenters. The fourth-order valence-electron chi connectivity index (χ4n) is 3.08. The molecule has 0 saturated carbocycles. The number of allylic oxidation sites excluding steroid dienone is 1. The first-order chi connectivity index (χ1) is 13.8. The molecule has 0 bridgehead atoms. The van der Waals surface area contributed by atoms with Gasteiger partial charge in [0, 0.05) is 6.07 Å². The number of aryl methyl sites for hydroxylation is 1. The number of nitrogens with zero attached hydrogens (tertiary/aromatic N) is 3. The van der Waals surface area contributed by atoms with Gasteiger partial charge in [-0.15, -0.1) is 0 Å². The lowest BCUT2D eigenvalue weighted by molar-refractivity contribution is -0.386. The topological polar surface area (TPSA) is 107 Å². The fourth-order valence-corrected chi connectivity index (χ4v) is 3.08. The van der Waals surface area contributed by atoms with Crippen LogP contribution in [0.4, 0.5) is 5.69 Å². The molecule has 0 amide bonds. The number of para-hydroxylation sites is 1. The van der Waals surface area contributed by atoms with Gasteiger partial charge in [-0.25, -0.2) is 4.68 Å². The number of ether oxygens (including phenoxy) is 1. The summed E-state index contributed by atoms with van der Waals surface area (Å²) in [5, 5.41) is 25.4. The number of hydrogen-bond acceptors (Lipinski definition) is 6. The maximum atomic E-state index is 12.8. The summed E-state index contributed by atoms with van der Waals surface area (Å²) in [5.41, 5.74) is 2.43. The lowest BCUT2D eigenvalue weighted by atomic mass is 10.1. The maximum absolute atomic E-state index is 12.8. The van der Waals surface area contributed by atoms with Crippen molar-refractivity contribution in [2.75, 3.05) is 7.11 Å². The normalized spacial score (nSPS) is 11.0. The summed E-state index contributed by atoms with van der Waals surface area (Å²) in [5.74, 6) is -0.885. The third kappa shape index (κ3) is 3.86. The summed E-state index contributed by atoms with van der Waals surface area (Å²) in [6, 6.07) is 12.1. The van der Waals surface area contributed by atoms with Crippen LogP contribution < -0.4 is 4.74 Å². The second-order valence-electron chi connectivity index (χ2n) is 6.34. The quantitative estimate of drug-likeness (QED) is 0.293. The van der Waals surface area contributed by atoms with Gasteiger partial charge in [0.05, 0.1) is 34.7 Å². The number of rotatable bonds is 6. The number of methoxy groups -OCH3 is 1. The SMILES string of the molecule is COc1cc(/C=C/C(=O)c2c(C)nn(-c3ccccc3)c2C)cc([N+](=O)[O-])c1O. The van der Waals surface area contributed by atoms with E-state index >= 15 is 0 Å². The molecule has 148 valence electrons. The molecule has 3 rings (SSSR count). The van der Waals surface area contributed by atoms with Crippen molar-refractivity contribution in [2.24, 2.45) is 0 Å². The van der Waals surface area contributed by atoms with Crippen molar-refractivity contribution in [1.82, 2.24) is 9.78 Å². The van der Waals surface area contributed by atoms with E-state index in [2.05, 4.69) is 5.10 Å². The van der Waals surface area contributed by atoms with Crippen molar-refractivity contribution in [2.45, 2.75) is 13.8 Å². The number of carbonyl (C=O) groups is 1. The van der Waals surface area contributed by atoms with Gasteiger partial charge in [0.25, 0.3) is 0 Å². The molecule has 29 heavy (non-hydrogen) atoms. The second kappa shape index (κ2) is 7.97. The molecule has 0 radical (unpaired) electrons. The summed E-state index contributed by atoms with van der Waals surface area (Å²) >= 11 is 0. The molecule has 0 aliphatic heterocycles. The minimum absolute atomic E-state index is 0.0458. The van der Waals surface area contributed by atoms with E-state index in [1.807, 2.05) is 37.3 Å². The number of carbonyl (C=O) groups excluding carboxylic acids is 1. The largest absolute Gasteiger partial charge is 0.500 e. The summed E-state index contributed by atoms with van der Waals surface area (Å²) in [6.07, 6.45) is 2.76. The van der Waals surface area contributed by atoms with Gasteiger partial charge in [-0.2, -0.15) is 5.10 Å². The van der Waals surface area contributed by atoms with Gasteiger partial charge < -0.3 is 9.84 Å². The minimum atomic E-state index is -0.713. The van der Waals surface area contributed by atoms with Gasteiger partial charge in [-0.05, 0) is 43.7 Å². The molecule has 1 heterocycles. The van der Waals surface area contributed by atoms with Crippen molar-refractivity contribution in [1.29, 1.82) is 0 Å². The van der Waals surface area contributed by atoms with E-state index in [0.29, 0.717) is 22.5 Å². The number of aromatic nitrogens is 2. The number of nitro groups is 1. The first-order valence-electron chi connectivity index (χ1n) is 8.73. The van der Waals surface area contributed by atoms with Crippen LogP contribution in [0.3, 0.4) is 0 Å². The number of ketones is 1. The monoisotopic (exact) mass is 393 g/mol. The Kier molecular flexibility index (Phi) is 5.45. The van der Waals surface area contributed by atoms with Crippen LogP contribution in [-0.4, -0.2) is 32.7 Å². The van der Waals surface area contributed by atoms with E-state index in [4.69, 9.17) is 4.74 Å². The van der Waals surface area contributed by atoms with Crippen molar-refractivity contribution >= 4 is 17.5 Å². The lowest BCUT2D eigenvalue weighted by Crippen LogP contribution is -2.01. The average Bonchev–Trinajstić information content (AvgIpc) is 3.01. The Balaban J connectivity index is 1.96. The highest BCUT2D eigenvalue weighted by atomic mass is 16.6. The number of hydrogen-bond donors (Lipinski definition) is 1. The van der Waals surface area contributed by atoms with Crippen LogP contribution in [0.1, 0.15) is 27.3 Å². The number of nitro benzene ring substituents is 1. The smallest absolute Gasteiger partial charge is 0.315 e. The van der Waals surface area contributed by atoms with Crippen LogP contribution in [0, 0.1) is 24.0 Å². The highest BCUT2D eigenvalue weighted by Crippen LogP contribution is 2.37. The lowest BCUT2D eigenvalue weighted by Gasteiger charge is -2.05. The molecule has 0 spiro atoms. The fraction of sp³-hybridized carbons (Fsp3) is 0.143. The summed E-state index contributed by atoms with van der Waals surface area (Å²) < 4.78 is 6.67. The molecule has 0 fully saturated rings. The predicted octanol–water partition coefficient (Wildman–Crippen LogP) is 4.01. The molecule has 1 N–H and O–H groups in total. The average molecular weight is 393 g/mol. The van der Waals surface area contributed by atoms with Crippen molar-refractivity contribution < 1.29 is 19.6 Å². The Morgan fingerprint density at radius 1 is 1.24 bits per heavy atom. The molecule has 1 aromatic heterocycles. The van der Waals surface area contributed by atoms with Crippen molar-refractivity contribution in [3.8, 4) is 17.2 Å². The summed E-state index contributed by atoms with van der Waals surface area (Å²) in [4.78, 5) is 23.2. The molecule has 8 nitrogen and oxygen atoms in total. The predicted molar refractivity (Wildman–Crippen MR) is 108 cm³/mol. The van der Waals surface area contributed by atoms with E-state index in [0.717, 1.165) is 5.69 Å². The van der Waals surface area contributed by atoms with Gasteiger partial charge in [0.15, 0.2) is 11.5 Å². The van der Waals surface area contributed by atoms with Crippen LogP contribution in [0.5, 0.6) is 11.5 Å². The Hall–Kier alpha value is -3.94. The number of phenolic OH excluding ortho intramolecular Hbond substituents is 1. The minimum Gasteiger partial charge on any atom is -0.500 e. The van der Waals surface area contributed by atoms with E-state index in [1.165, 1.54) is 31.4 Å². The van der Waals surface area contributed by atoms with Gasteiger partial charge in [-0.1, -0.05) is 24.3 Å².